The molecule has 0 aliphatic carbocycles. The van der Waals surface area contributed by atoms with Crippen LogP contribution < -0.4 is 5.32 Å². The third-order valence-corrected chi connectivity index (χ3v) is 1.85. The van der Waals surface area contributed by atoms with Crippen LogP contribution in [0.5, 0.6) is 0 Å². The number of pyridine rings is 1. The highest BCUT2D eigenvalue weighted by Gasteiger charge is 2.10. The highest BCUT2D eigenvalue weighted by Crippen LogP contribution is 2.24. The molecular formula is C7H3Cl2N3O2. The number of nitriles is 1. The maximum absolute atomic E-state index is 10.2. The van der Waals surface area contributed by atoms with Crippen molar-refractivity contribution < 1.29 is 9.90 Å². The van der Waals surface area contributed by atoms with Gasteiger partial charge in [-0.15, -0.1) is 0 Å². The Morgan fingerprint density at radius 1 is 1.64 bits per heavy atom. The van der Waals surface area contributed by atoms with Crippen molar-refractivity contribution in [1.29, 1.82) is 5.26 Å². The average molecular weight is 232 g/mol. The number of anilines is 1. The summed E-state index contributed by atoms with van der Waals surface area (Å²) in [6, 6.07) is 2.95. The molecule has 0 aliphatic heterocycles. The van der Waals surface area contributed by atoms with E-state index in [2.05, 4.69) is 4.98 Å². The zero-order chi connectivity index (χ0) is 10.7. The van der Waals surface area contributed by atoms with Crippen LogP contribution in [-0.2, 0) is 0 Å². The molecule has 5 nitrogen and oxygen atoms in total. The lowest BCUT2D eigenvalue weighted by molar-refractivity contribution is 0.209. The molecule has 0 saturated heterocycles. The number of carbonyl (C=O) groups is 1. The summed E-state index contributed by atoms with van der Waals surface area (Å²) in [5.41, 5.74) is 0.0178. The van der Waals surface area contributed by atoms with Gasteiger partial charge in [-0.1, -0.05) is 23.2 Å². The van der Waals surface area contributed by atoms with Crippen LogP contribution in [0.4, 0.5) is 10.6 Å². The topological polar surface area (TPSA) is 86.0 Å². The minimum absolute atomic E-state index is 0.0178. The Morgan fingerprint density at radius 2 is 2.29 bits per heavy atom. The van der Waals surface area contributed by atoms with E-state index in [1.54, 1.807) is 6.07 Å². The molecule has 0 aromatic carbocycles. The second kappa shape index (κ2) is 4.13. The first kappa shape index (κ1) is 10.6. The molecule has 0 saturated carbocycles. The molecular weight excluding hydrogens is 229 g/mol. The van der Waals surface area contributed by atoms with E-state index in [0.717, 1.165) is 0 Å². The lowest BCUT2D eigenvalue weighted by Crippen LogP contribution is -2.09. The molecule has 1 amide bonds. The van der Waals surface area contributed by atoms with Crippen molar-refractivity contribution in [3.05, 3.63) is 21.8 Å². The number of nitrogens with one attached hydrogen (secondary N) is 1. The van der Waals surface area contributed by atoms with E-state index in [1.165, 1.54) is 6.07 Å². The van der Waals surface area contributed by atoms with Gasteiger partial charge < -0.3 is 5.11 Å². The zero-order valence-electron chi connectivity index (χ0n) is 6.58. The maximum atomic E-state index is 10.2. The summed E-state index contributed by atoms with van der Waals surface area (Å²) in [7, 11) is 0. The smallest absolute Gasteiger partial charge is 0.410 e. The van der Waals surface area contributed by atoms with Gasteiger partial charge in [0.05, 0.1) is 5.02 Å². The highest BCUT2D eigenvalue weighted by atomic mass is 35.5. The zero-order valence-corrected chi connectivity index (χ0v) is 8.10. The largest absolute Gasteiger partial charge is 0.465 e. The van der Waals surface area contributed by atoms with Gasteiger partial charge in [-0.3, -0.25) is 5.32 Å². The van der Waals surface area contributed by atoms with Gasteiger partial charge in [-0.25, -0.2) is 9.78 Å². The number of nitrogens with zero attached hydrogens (tertiary/aromatic N) is 2. The predicted octanol–water partition coefficient (Wildman–Crippen LogP) is 2.35. The molecule has 1 aromatic rings. The highest BCUT2D eigenvalue weighted by molar-refractivity contribution is 6.36. The summed E-state index contributed by atoms with van der Waals surface area (Å²) in [4.78, 5) is 13.9. The fourth-order valence-corrected chi connectivity index (χ4v) is 1.28. The average Bonchev–Trinajstić information content (AvgIpc) is 2.01. The Kier molecular flexibility index (Phi) is 3.12. The molecule has 14 heavy (non-hydrogen) atoms. The minimum atomic E-state index is -1.28. The van der Waals surface area contributed by atoms with Crippen molar-refractivity contribution in [2.45, 2.75) is 0 Å². The van der Waals surface area contributed by atoms with E-state index < -0.39 is 6.09 Å². The van der Waals surface area contributed by atoms with Crippen LogP contribution in [0.25, 0.3) is 0 Å². The lowest BCUT2D eigenvalue weighted by Gasteiger charge is -2.02. The molecule has 72 valence electrons. The standard InChI is InChI=1S/C7H3Cl2N3O2/c8-4-1-5(12-7(13)14)11-6(9)3(4)2-10/h1H,(H,11,12)(H,13,14). The molecule has 1 rings (SSSR count). The first-order chi connectivity index (χ1) is 6.54. The van der Waals surface area contributed by atoms with E-state index in [9.17, 15) is 4.79 Å². The Balaban J connectivity index is 3.15. The number of amides is 1. The summed E-state index contributed by atoms with van der Waals surface area (Å²) in [5, 5.41) is 18.8. The van der Waals surface area contributed by atoms with Crippen LogP contribution in [0.3, 0.4) is 0 Å². The molecule has 0 bridgehead atoms. The monoisotopic (exact) mass is 231 g/mol. The third kappa shape index (κ3) is 2.25. The number of hydrogen-bond acceptors (Lipinski definition) is 3. The second-order valence-corrected chi connectivity index (χ2v) is 2.96. The summed E-state index contributed by atoms with van der Waals surface area (Å²) >= 11 is 11.2. The lowest BCUT2D eigenvalue weighted by atomic mass is 10.3. The molecule has 0 fully saturated rings. The van der Waals surface area contributed by atoms with Crippen LogP contribution >= 0.6 is 23.2 Å². The first-order valence-electron chi connectivity index (χ1n) is 3.30. The first-order valence-corrected chi connectivity index (χ1v) is 4.06. The fraction of sp³-hybridized carbons (Fsp3) is 0. The van der Waals surface area contributed by atoms with E-state index in [1.807, 2.05) is 5.32 Å². The molecule has 0 atom stereocenters. The molecule has 0 radical (unpaired) electrons. The summed E-state index contributed by atoms with van der Waals surface area (Å²) in [6.07, 6.45) is -1.28. The van der Waals surface area contributed by atoms with Gasteiger partial charge in [0.2, 0.25) is 0 Å². The number of rotatable bonds is 1. The fourth-order valence-electron chi connectivity index (χ4n) is 0.758. The van der Waals surface area contributed by atoms with Gasteiger partial charge in [0.1, 0.15) is 17.5 Å². The summed E-state index contributed by atoms with van der Waals surface area (Å²) in [5.74, 6) is -0.0218. The Labute approximate surface area is 88.9 Å². The van der Waals surface area contributed by atoms with Gasteiger partial charge in [0.15, 0.2) is 5.15 Å². The molecule has 1 heterocycles. The third-order valence-electron chi connectivity index (χ3n) is 1.27. The molecule has 0 spiro atoms. The van der Waals surface area contributed by atoms with Crippen molar-refractivity contribution in [3.8, 4) is 6.07 Å². The van der Waals surface area contributed by atoms with Gasteiger partial charge >= 0.3 is 6.09 Å². The van der Waals surface area contributed by atoms with Crippen molar-refractivity contribution in [3.63, 3.8) is 0 Å². The number of carboxylic acid groups (broad SMARTS) is 1. The van der Waals surface area contributed by atoms with Crippen LogP contribution in [0.15, 0.2) is 6.07 Å². The van der Waals surface area contributed by atoms with E-state index >= 15 is 0 Å². The van der Waals surface area contributed by atoms with E-state index in [0.29, 0.717) is 0 Å². The second-order valence-electron chi connectivity index (χ2n) is 2.20. The van der Waals surface area contributed by atoms with Crippen LogP contribution in [0.1, 0.15) is 5.56 Å². The Hall–Kier alpha value is -1.51. The van der Waals surface area contributed by atoms with Gasteiger partial charge in [-0.2, -0.15) is 5.26 Å². The minimum Gasteiger partial charge on any atom is -0.465 e. The SMILES string of the molecule is N#Cc1c(Cl)cc(NC(=O)O)nc1Cl. The van der Waals surface area contributed by atoms with Crippen molar-refractivity contribution in [1.82, 2.24) is 4.98 Å². The molecule has 1 aromatic heterocycles. The quantitative estimate of drug-likeness (QED) is 0.727. The van der Waals surface area contributed by atoms with Crippen molar-refractivity contribution >= 4 is 35.1 Å². The van der Waals surface area contributed by atoms with Gasteiger partial charge in [0, 0.05) is 6.07 Å². The number of hydrogen-bond donors (Lipinski definition) is 2. The molecule has 7 heteroatoms. The summed E-state index contributed by atoms with van der Waals surface area (Å²) in [6.45, 7) is 0. The number of aromatic nitrogens is 1. The summed E-state index contributed by atoms with van der Waals surface area (Å²) < 4.78 is 0. The van der Waals surface area contributed by atoms with Crippen molar-refractivity contribution in [2.24, 2.45) is 0 Å². The van der Waals surface area contributed by atoms with E-state index in [-0.39, 0.29) is 21.6 Å². The predicted molar refractivity (Wildman–Crippen MR) is 50.6 cm³/mol. The van der Waals surface area contributed by atoms with Gasteiger partial charge in [-0.05, 0) is 0 Å². The Morgan fingerprint density at radius 3 is 2.71 bits per heavy atom. The maximum Gasteiger partial charge on any atom is 0.410 e. The van der Waals surface area contributed by atoms with Crippen LogP contribution in [0.2, 0.25) is 10.2 Å². The van der Waals surface area contributed by atoms with Crippen molar-refractivity contribution in [2.75, 3.05) is 5.32 Å². The normalized spacial score (nSPS) is 9.21. The number of halogens is 2. The Bertz CT molecular complexity index is 404. The van der Waals surface area contributed by atoms with Crippen LogP contribution in [-0.4, -0.2) is 16.2 Å². The molecule has 0 aliphatic rings. The van der Waals surface area contributed by atoms with E-state index in [4.69, 9.17) is 33.6 Å². The van der Waals surface area contributed by atoms with Crippen LogP contribution in [0, 0.1) is 11.3 Å². The molecule has 0 unspecified atom stereocenters. The van der Waals surface area contributed by atoms with Gasteiger partial charge in [0.25, 0.3) is 0 Å². The molecule has 2 N–H and O–H groups in total.